The van der Waals surface area contributed by atoms with Crippen LogP contribution in [0.5, 0.6) is 0 Å². The molecule has 0 aromatic carbocycles. The summed E-state index contributed by atoms with van der Waals surface area (Å²) in [5.41, 5.74) is 0. The molecular weight excluding hydrogens is 200 g/mol. The first-order valence-corrected chi connectivity index (χ1v) is 6.73. The molecule has 4 atom stereocenters. The highest BCUT2D eigenvalue weighted by Crippen LogP contribution is 2.21. The van der Waals surface area contributed by atoms with Crippen molar-refractivity contribution in [2.75, 3.05) is 26.7 Å². The highest BCUT2D eigenvalue weighted by molar-refractivity contribution is 4.86. The van der Waals surface area contributed by atoms with Crippen LogP contribution < -0.4 is 5.32 Å². The summed E-state index contributed by atoms with van der Waals surface area (Å²) in [6, 6.07) is 1.19. The molecule has 3 nitrogen and oxygen atoms in total. The van der Waals surface area contributed by atoms with Gasteiger partial charge in [0.15, 0.2) is 0 Å². The molecule has 2 heterocycles. The molecule has 2 aliphatic heterocycles. The van der Waals surface area contributed by atoms with Crippen LogP contribution in [0.1, 0.15) is 33.1 Å². The van der Waals surface area contributed by atoms with Crippen LogP contribution in [0.2, 0.25) is 0 Å². The van der Waals surface area contributed by atoms with Gasteiger partial charge in [0.1, 0.15) is 0 Å². The molecule has 2 saturated heterocycles. The Labute approximate surface area is 99.5 Å². The van der Waals surface area contributed by atoms with Crippen molar-refractivity contribution in [3.05, 3.63) is 0 Å². The molecule has 2 rings (SSSR count). The molecule has 0 aromatic rings. The zero-order valence-corrected chi connectivity index (χ0v) is 10.9. The molecule has 0 saturated carbocycles. The molecular formula is C13H26N2O. The molecule has 3 heteroatoms. The third-order valence-corrected chi connectivity index (χ3v) is 4.22. The Hall–Kier alpha value is -0.120. The summed E-state index contributed by atoms with van der Waals surface area (Å²) in [6.07, 6.45) is 4.29. The van der Waals surface area contributed by atoms with Crippen molar-refractivity contribution in [1.82, 2.24) is 10.2 Å². The minimum absolute atomic E-state index is 0.392. The van der Waals surface area contributed by atoms with E-state index < -0.39 is 0 Å². The molecule has 0 aliphatic carbocycles. The van der Waals surface area contributed by atoms with Crippen molar-refractivity contribution < 1.29 is 4.74 Å². The molecule has 0 radical (unpaired) electrons. The maximum absolute atomic E-state index is 5.60. The molecule has 0 spiro atoms. The van der Waals surface area contributed by atoms with Crippen LogP contribution in [0, 0.1) is 5.92 Å². The number of nitrogens with one attached hydrogen (secondary N) is 1. The number of ether oxygens (including phenoxy) is 1. The van der Waals surface area contributed by atoms with Gasteiger partial charge in [0.2, 0.25) is 0 Å². The van der Waals surface area contributed by atoms with Gasteiger partial charge in [0, 0.05) is 25.2 Å². The van der Waals surface area contributed by atoms with Crippen LogP contribution in [0.25, 0.3) is 0 Å². The van der Waals surface area contributed by atoms with Gasteiger partial charge in [-0.3, -0.25) is 0 Å². The zero-order valence-electron chi connectivity index (χ0n) is 10.9. The van der Waals surface area contributed by atoms with Crippen LogP contribution in [0.3, 0.4) is 0 Å². The fourth-order valence-electron chi connectivity index (χ4n) is 3.04. The molecule has 0 amide bonds. The number of hydrogen-bond acceptors (Lipinski definition) is 3. The van der Waals surface area contributed by atoms with E-state index in [0.717, 1.165) is 12.5 Å². The molecule has 2 aliphatic rings. The van der Waals surface area contributed by atoms with Crippen LogP contribution >= 0.6 is 0 Å². The first-order valence-electron chi connectivity index (χ1n) is 6.73. The predicted octanol–water partition coefficient (Wildman–Crippen LogP) is 1.48. The van der Waals surface area contributed by atoms with Gasteiger partial charge < -0.3 is 15.0 Å². The van der Waals surface area contributed by atoms with Gasteiger partial charge in [-0.25, -0.2) is 0 Å². The lowest BCUT2D eigenvalue weighted by Gasteiger charge is -2.35. The van der Waals surface area contributed by atoms with E-state index >= 15 is 0 Å². The van der Waals surface area contributed by atoms with E-state index in [4.69, 9.17) is 4.74 Å². The Kier molecular flexibility index (Phi) is 4.22. The SMILES string of the molecule is CC(NC1CCOC1C)C1CCCN(C)C1. The monoisotopic (exact) mass is 226 g/mol. The van der Waals surface area contributed by atoms with Gasteiger partial charge in [-0.2, -0.15) is 0 Å². The van der Waals surface area contributed by atoms with Crippen LogP contribution in [-0.4, -0.2) is 49.8 Å². The number of hydrogen-bond donors (Lipinski definition) is 1. The number of likely N-dealkylation sites (tertiary alicyclic amines) is 1. The number of piperidine rings is 1. The first-order chi connectivity index (χ1) is 7.66. The second-order valence-corrected chi connectivity index (χ2v) is 5.59. The average Bonchev–Trinajstić information content (AvgIpc) is 2.64. The Morgan fingerprint density at radius 2 is 2.19 bits per heavy atom. The van der Waals surface area contributed by atoms with Gasteiger partial charge in [-0.05, 0) is 52.6 Å². The van der Waals surface area contributed by atoms with E-state index in [1.165, 1.54) is 32.4 Å². The van der Waals surface area contributed by atoms with E-state index in [-0.39, 0.29) is 0 Å². The highest BCUT2D eigenvalue weighted by atomic mass is 16.5. The quantitative estimate of drug-likeness (QED) is 0.789. The first kappa shape index (κ1) is 12.3. The van der Waals surface area contributed by atoms with Gasteiger partial charge in [0.25, 0.3) is 0 Å². The van der Waals surface area contributed by atoms with Gasteiger partial charge in [0.05, 0.1) is 6.10 Å². The summed E-state index contributed by atoms with van der Waals surface area (Å²) < 4.78 is 5.60. The smallest absolute Gasteiger partial charge is 0.0700 e. The van der Waals surface area contributed by atoms with E-state index in [0.29, 0.717) is 18.2 Å². The fraction of sp³-hybridized carbons (Fsp3) is 1.00. The van der Waals surface area contributed by atoms with Crippen molar-refractivity contribution in [1.29, 1.82) is 0 Å². The molecule has 1 N–H and O–H groups in total. The average molecular weight is 226 g/mol. The maximum Gasteiger partial charge on any atom is 0.0700 e. The van der Waals surface area contributed by atoms with E-state index in [2.05, 4.69) is 31.1 Å². The normalized spacial score (nSPS) is 38.8. The minimum atomic E-state index is 0.392. The van der Waals surface area contributed by atoms with Crippen molar-refractivity contribution in [3.63, 3.8) is 0 Å². The summed E-state index contributed by atoms with van der Waals surface area (Å²) >= 11 is 0. The van der Waals surface area contributed by atoms with Gasteiger partial charge in [-0.1, -0.05) is 0 Å². The molecule has 0 bridgehead atoms. The maximum atomic E-state index is 5.60. The highest BCUT2D eigenvalue weighted by Gasteiger charge is 2.29. The Morgan fingerprint density at radius 3 is 2.81 bits per heavy atom. The Morgan fingerprint density at radius 1 is 1.38 bits per heavy atom. The van der Waals surface area contributed by atoms with Crippen LogP contribution in [-0.2, 0) is 4.74 Å². The van der Waals surface area contributed by atoms with Crippen molar-refractivity contribution >= 4 is 0 Å². The largest absolute Gasteiger partial charge is 0.377 e. The van der Waals surface area contributed by atoms with Crippen molar-refractivity contribution in [2.45, 2.75) is 51.3 Å². The van der Waals surface area contributed by atoms with E-state index in [1.54, 1.807) is 0 Å². The van der Waals surface area contributed by atoms with Crippen molar-refractivity contribution in [3.8, 4) is 0 Å². The Balaban J connectivity index is 1.80. The molecule has 2 fully saturated rings. The number of rotatable bonds is 3. The van der Waals surface area contributed by atoms with Crippen molar-refractivity contribution in [2.24, 2.45) is 5.92 Å². The molecule has 94 valence electrons. The Bertz CT molecular complexity index is 222. The second-order valence-electron chi connectivity index (χ2n) is 5.59. The molecule has 0 aromatic heterocycles. The van der Waals surface area contributed by atoms with Gasteiger partial charge in [-0.15, -0.1) is 0 Å². The number of nitrogens with zero attached hydrogens (tertiary/aromatic N) is 1. The summed E-state index contributed by atoms with van der Waals surface area (Å²) in [5, 5.41) is 3.77. The fourth-order valence-corrected chi connectivity index (χ4v) is 3.04. The third kappa shape index (κ3) is 2.96. The summed E-state index contributed by atoms with van der Waals surface area (Å²) in [7, 11) is 2.24. The molecule has 16 heavy (non-hydrogen) atoms. The lowest BCUT2D eigenvalue weighted by molar-refractivity contribution is 0.104. The van der Waals surface area contributed by atoms with E-state index in [9.17, 15) is 0 Å². The van der Waals surface area contributed by atoms with Crippen LogP contribution in [0.4, 0.5) is 0 Å². The summed E-state index contributed by atoms with van der Waals surface area (Å²) in [4.78, 5) is 2.46. The standard InChI is InChI=1S/C13H26N2O/c1-10(12-5-4-7-15(3)9-12)14-13-6-8-16-11(13)2/h10-14H,4-9H2,1-3H3. The summed E-state index contributed by atoms with van der Waals surface area (Å²) in [6.45, 7) is 7.97. The van der Waals surface area contributed by atoms with Crippen LogP contribution in [0.15, 0.2) is 0 Å². The van der Waals surface area contributed by atoms with Gasteiger partial charge >= 0.3 is 0 Å². The second kappa shape index (κ2) is 5.48. The topological polar surface area (TPSA) is 24.5 Å². The zero-order chi connectivity index (χ0) is 11.5. The lowest BCUT2D eigenvalue weighted by Crippen LogP contribution is -2.48. The minimum Gasteiger partial charge on any atom is -0.377 e. The summed E-state index contributed by atoms with van der Waals surface area (Å²) in [5.74, 6) is 0.812. The van der Waals surface area contributed by atoms with E-state index in [1.807, 2.05) is 0 Å². The predicted molar refractivity (Wildman–Crippen MR) is 66.6 cm³/mol. The molecule has 4 unspecified atom stereocenters. The third-order valence-electron chi connectivity index (χ3n) is 4.22. The lowest BCUT2D eigenvalue weighted by atomic mass is 9.91.